The minimum Gasteiger partial charge on any atom is -0.337 e. The highest BCUT2D eigenvalue weighted by Crippen LogP contribution is 2.23. The fourth-order valence-electron chi connectivity index (χ4n) is 3.46. The first kappa shape index (κ1) is 24.3. The Morgan fingerprint density at radius 3 is 2.47 bits per heavy atom. The van der Waals surface area contributed by atoms with E-state index >= 15 is 0 Å². The Bertz CT molecular complexity index is 1140. The first-order valence-corrected chi connectivity index (χ1v) is 12.0. The van der Waals surface area contributed by atoms with Crippen molar-refractivity contribution in [1.82, 2.24) is 19.0 Å². The minimum atomic E-state index is -4.13. The van der Waals surface area contributed by atoms with Crippen LogP contribution in [0.1, 0.15) is 25.1 Å². The molecule has 2 heterocycles. The molecule has 1 saturated heterocycles. The molecule has 7 nitrogen and oxygen atoms in total. The van der Waals surface area contributed by atoms with Crippen LogP contribution >= 0.6 is 11.6 Å². The second-order valence-electron chi connectivity index (χ2n) is 8.00. The molecule has 1 fully saturated rings. The predicted molar refractivity (Wildman–Crippen MR) is 118 cm³/mol. The number of rotatable bonds is 6. The second-order valence-corrected chi connectivity index (χ2v) is 10.3. The zero-order valence-electron chi connectivity index (χ0n) is 18.1. The average Bonchev–Trinajstić information content (AvgIpc) is 2.98. The number of nitrogens with zero attached hydrogens (tertiary/aromatic N) is 4. The summed E-state index contributed by atoms with van der Waals surface area (Å²) in [6.45, 7) is 6.87. The molecule has 1 aliphatic heterocycles. The molecule has 0 aliphatic carbocycles. The van der Waals surface area contributed by atoms with Gasteiger partial charge in [0.15, 0.2) is 0 Å². The molecular formula is C21H25ClF2N4O3S. The number of carbonyl (C=O) groups excluding carboxylic acids is 1. The maximum absolute atomic E-state index is 14.0. The molecule has 2 aromatic rings. The van der Waals surface area contributed by atoms with Crippen molar-refractivity contribution < 1.29 is 22.0 Å². The van der Waals surface area contributed by atoms with Gasteiger partial charge in [-0.05, 0) is 31.1 Å². The molecular weight excluding hydrogens is 462 g/mol. The smallest absolute Gasteiger partial charge is 0.246 e. The molecule has 174 valence electrons. The van der Waals surface area contributed by atoms with Crippen LogP contribution in [0.5, 0.6) is 0 Å². The average molecular weight is 487 g/mol. The van der Waals surface area contributed by atoms with E-state index in [2.05, 4.69) is 18.9 Å². The summed E-state index contributed by atoms with van der Waals surface area (Å²) in [5.74, 6) is -1.92. The van der Waals surface area contributed by atoms with Gasteiger partial charge in [0.05, 0.1) is 5.69 Å². The fraction of sp³-hybridized carbons (Fsp3) is 0.429. The number of halogens is 3. The van der Waals surface area contributed by atoms with Crippen LogP contribution in [0.3, 0.4) is 0 Å². The molecule has 32 heavy (non-hydrogen) atoms. The van der Waals surface area contributed by atoms with E-state index in [1.165, 1.54) is 11.0 Å². The van der Waals surface area contributed by atoms with Gasteiger partial charge < -0.3 is 4.90 Å². The number of sulfonamides is 1. The van der Waals surface area contributed by atoms with Crippen LogP contribution in [0.15, 0.2) is 29.2 Å². The van der Waals surface area contributed by atoms with Crippen molar-refractivity contribution in [2.45, 2.75) is 32.2 Å². The largest absolute Gasteiger partial charge is 0.337 e. The highest BCUT2D eigenvalue weighted by Gasteiger charge is 2.31. The number of benzene rings is 1. The van der Waals surface area contributed by atoms with Crippen LogP contribution in [0.4, 0.5) is 8.78 Å². The maximum atomic E-state index is 14.0. The molecule has 1 aromatic carbocycles. The number of hydrogen-bond acceptors (Lipinski definition) is 4. The first-order valence-electron chi connectivity index (χ1n) is 10.2. The lowest BCUT2D eigenvalue weighted by molar-refractivity contribution is -0.127. The van der Waals surface area contributed by atoms with E-state index in [0.29, 0.717) is 34.9 Å². The highest BCUT2D eigenvalue weighted by atomic mass is 35.5. The summed E-state index contributed by atoms with van der Waals surface area (Å²) in [5.41, 5.74) is 1.37. The molecule has 0 unspecified atom stereocenters. The topological polar surface area (TPSA) is 75.5 Å². The molecule has 1 aromatic heterocycles. The zero-order chi connectivity index (χ0) is 23.6. The van der Waals surface area contributed by atoms with Crippen molar-refractivity contribution in [3.05, 3.63) is 52.3 Å². The normalized spacial score (nSPS) is 15.8. The van der Waals surface area contributed by atoms with E-state index in [1.807, 2.05) is 6.92 Å². The predicted octanol–water partition coefficient (Wildman–Crippen LogP) is 3.33. The molecule has 0 radical (unpaired) electrons. The molecule has 1 amide bonds. The van der Waals surface area contributed by atoms with Gasteiger partial charge in [-0.15, -0.1) is 0 Å². The van der Waals surface area contributed by atoms with Crippen LogP contribution < -0.4 is 0 Å². The summed E-state index contributed by atoms with van der Waals surface area (Å²) in [7, 11) is -4.13. The third kappa shape index (κ3) is 5.19. The molecule has 0 N–H and O–H groups in total. The molecule has 0 spiro atoms. The van der Waals surface area contributed by atoms with Crippen molar-refractivity contribution in [1.29, 1.82) is 0 Å². The summed E-state index contributed by atoms with van der Waals surface area (Å²) in [5, 5.41) is 4.86. The van der Waals surface area contributed by atoms with E-state index in [1.54, 1.807) is 10.8 Å². The monoisotopic (exact) mass is 486 g/mol. The van der Waals surface area contributed by atoms with Gasteiger partial charge in [-0.25, -0.2) is 17.2 Å². The van der Waals surface area contributed by atoms with Crippen molar-refractivity contribution in [2.75, 3.05) is 26.2 Å². The van der Waals surface area contributed by atoms with Crippen LogP contribution in [-0.2, 0) is 21.4 Å². The van der Waals surface area contributed by atoms with E-state index in [0.717, 1.165) is 16.4 Å². The standard InChI is InChI=1S/C21H25ClF2N4O3S/c1-14(2)13-28-21(22)17(15(3)25-28)5-7-20(29)26-8-10-27(11-9-26)32(30,31)19-6-4-16(23)12-18(19)24/h4-7,12,14H,8-11,13H2,1-3H3/b7-5+. The molecule has 0 saturated carbocycles. The van der Waals surface area contributed by atoms with Gasteiger partial charge in [-0.2, -0.15) is 9.40 Å². The third-order valence-electron chi connectivity index (χ3n) is 5.10. The number of amides is 1. The Morgan fingerprint density at radius 1 is 1.22 bits per heavy atom. The number of hydrogen-bond donors (Lipinski definition) is 0. The van der Waals surface area contributed by atoms with Gasteiger partial charge in [-0.1, -0.05) is 25.4 Å². The van der Waals surface area contributed by atoms with E-state index in [9.17, 15) is 22.0 Å². The van der Waals surface area contributed by atoms with Crippen molar-refractivity contribution >= 4 is 33.6 Å². The molecule has 0 bridgehead atoms. The SMILES string of the molecule is Cc1nn(CC(C)C)c(Cl)c1/C=C/C(=O)N1CCN(S(=O)(=O)c2ccc(F)cc2F)CC1. The Hall–Kier alpha value is -2.30. The summed E-state index contributed by atoms with van der Waals surface area (Å²) in [6.07, 6.45) is 3.00. The van der Waals surface area contributed by atoms with Gasteiger partial charge in [0.1, 0.15) is 21.7 Å². The molecule has 0 atom stereocenters. The lowest BCUT2D eigenvalue weighted by Gasteiger charge is -2.33. The van der Waals surface area contributed by atoms with E-state index in [4.69, 9.17) is 11.6 Å². The fourth-order valence-corrected chi connectivity index (χ4v) is 5.23. The lowest BCUT2D eigenvalue weighted by atomic mass is 10.2. The summed E-state index contributed by atoms with van der Waals surface area (Å²) in [6, 6.07) is 2.34. The van der Waals surface area contributed by atoms with E-state index < -0.39 is 26.6 Å². The second kappa shape index (κ2) is 9.68. The van der Waals surface area contributed by atoms with Crippen LogP contribution in [0, 0.1) is 24.5 Å². The van der Waals surface area contributed by atoms with E-state index in [-0.39, 0.29) is 32.1 Å². The van der Waals surface area contributed by atoms with Gasteiger partial charge in [-0.3, -0.25) is 9.48 Å². The first-order chi connectivity index (χ1) is 15.0. The Labute approximate surface area is 191 Å². The van der Waals surface area contributed by atoms with Gasteiger partial charge in [0.2, 0.25) is 15.9 Å². The number of carbonyl (C=O) groups is 1. The number of aromatic nitrogens is 2. The lowest BCUT2D eigenvalue weighted by Crippen LogP contribution is -2.50. The maximum Gasteiger partial charge on any atom is 0.246 e. The third-order valence-corrected chi connectivity index (χ3v) is 7.43. The number of piperazine rings is 1. The summed E-state index contributed by atoms with van der Waals surface area (Å²) >= 11 is 6.39. The van der Waals surface area contributed by atoms with Crippen molar-refractivity contribution in [3.8, 4) is 0 Å². The molecule has 1 aliphatic rings. The molecule has 11 heteroatoms. The number of aryl methyl sites for hydroxylation is 1. The quantitative estimate of drug-likeness (QED) is 0.587. The molecule has 3 rings (SSSR count). The zero-order valence-corrected chi connectivity index (χ0v) is 19.6. The minimum absolute atomic E-state index is 0.00480. The summed E-state index contributed by atoms with van der Waals surface area (Å²) in [4.78, 5) is 13.5. The van der Waals surface area contributed by atoms with Crippen LogP contribution in [-0.4, -0.2) is 59.5 Å². The van der Waals surface area contributed by atoms with Crippen molar-refractivity contribution in [3.63, 3.8) is 0 Å². The van der Waals surface area contributed by atoms with Crippen LogP contribution in [0.25, 0.3) is 6.08 Å². The van der Waals surface area contributed by atoms with Crippen molar-refractivity contribution in [2.24, 2.45) is 5.92 Å². The Balaban J connectivity index is 1.65. The summed E-state index contributed by atoms with van der Waals surface area (Å²) < 4.78 is 55.2. The Morgan fingerprint density at radius 2 is 1.88 bits per heavy atom. The van der Waals surface area contributed by atoms with Crippen LogP contribution in [0.2, 0.25) is 5.15 Å². The van der Waals surface area contributed by atoms with Gasteiger partial charge in [0, 0.05) is 50.4 Å². The van der Waals surface area contributed by atoms with Gasteiger partial charge >= 0.3 is 0 Å². The Kier molecular flexibility index (Phi) is 7.36. The highest BCUT2D eigenvalue weighted by molar-refractivity contribution is 7.89. The van der Waals surface area contributed by atoms with Gasteiger partial charge in [0.25, 0.3) is 0 Å².